The van der Waals surface area contributed by atoms with Crippen molar-refractivity contribution in [3.8, 4) is 0 Å². The van der Waals surface area contributed by atoms with Crippen LogP contribution in [0.2, 0.25) is 0 Å². The van der Waals surface area contributed by atoms with Crippen LogP contribution in [0.1, 0.15) is 39.7 Å². The number of carbonyl (C=O) groups excluding carboxylic acids is 1. The van der Waals surface area contributed by atoms with Gasteiger partial charge in [0.25, 0.3) is 5.91 Å². The Morgan fingerprint density at radius 3 is 2.80 bits per heavy atom. The topological polar surface area (TPSA) is 33.2 Å². The summed E-state index contributed by atoms with van der Waals surface area (Å²) in [5, 5.41) is 3.24. The van der Waals surface area contributed by atoms with Crippen LogP contribution in [0.5, 0.6) is 0 Å². The molecule has 1 saturated heterocycles. The van der Waals surface area contributed by atoms with Gasteiger partial charge in [-0.05, 0) is 31.9 Å². The van der Waals surface area contributed by atoms with E-state index in [-0.39, 0.29) is 5.91 Å². The number of thiazole rings is 1. The molecule has 2 aromatic rings. The largest absolute Gasteiger partial charge is 0.339 e. The highest BCUT2D eigenvalue weighted by Gasteiger charge is 2.25. The van der Waals surface area contributed by atoms with Crippen molar-refractivity contribution in [2.45, 2.75) is 25.7 Å². The quantitative estimate of drug-likeness (QED) is 0.847. The minimum absolute atomic E-state index is 0.159. The lowest BCUT2D eigenvalue weighted by atomic mass is 9.97. The lowest BCUT2D eigenvalue weighted by Crippen LogP contribution is -2.37. The van der Waals surface area contributed by atoms with Crippen LogP contribution in [0.4, 0.5) is 0 Å². The Balaban J connectivity index is 1.65. The summed E-state index contributed by atoms with van der Waals surface area (Å²) >= 11 is 1.72. The molecule has 1 fully saturated rings. The van der Waals surface area contributed by atoms with Crippen LogP contribution in [0.3, 0.4) is 0 Å². The monoisotopic (exact) mass is 286 g/mol. The number of amides is 1. The summed E-state index contributed by atoms with van der Waals surface area (Å²) in [6, 6.07) is 7.84. The Kier molecular flexibility index (Phi) is 3.83. The first-order valence-corrected chi connectivity index (χ1v) is 7.87. The smallest absolute Gasteiger partial charge is 0.253 e. The van der Waals surface area contributed by atoms with Gasteiger partial charge in [-0.15, -0.1) is 11.3 Å². The van der Waals surface area contributed by atoms with Gasteiger partial charge >= 0.3 is 0 Å². The van der Waals surface area contributed by atoms with Crippen LogP contribution in [0.15, 0.2) is 35.8 Å². The molecular formula is C16H18N2OS. The van der Waals surface area contributed by atoms with E-state index in [1.807, 2.05) is 47.7 Å². The van der Waals surface area contributed by atoms with Crippen LogP contribution in [-0.2, 0) is 0 Å². The fourth-order valence-electron chi connectivity index (χ4n) is 2.73. The number of benzene rings is 1. The van der Waals surface area contributed by atoms with Gasteiger partial charge in [-0.3, -0.25) is 4.79 Å². The molecule has 0 N–H and O–H groups in total. The summed E-state index contributed by atoms with van der Waals surface area (Å²) in [6.07, 6.45) is 3.90. The Labute approximate surface area is 123 Å². The summed E-state index contributed by atoms with van der Waals surface area (Å²) in [6.45, 7) is 3.68. The third kappa shape index (κ3) is 2.75. The Morgan fingerprint density at radius 1 is 1.35 bits per heavy atom. The molecule has 0 saturated carbocycles. The highest BCUT2D eigenvalue weighted by Crippen LogP contribution is 2.29. The van der Waals surface area contributed by atoms with Gasteiger partial charge in [0.2, 0.25) is 0 Å². The third-order valence-corrected chi connectivity index (χ3v) is 4.79. The van der Waals surface area contributed by atoms with Crippen LogP contribution in [-0.4, -0.2) is 28.9 Å². The second-order valence-electron chi connectivity index (χ2n) is 5.31. The van der Waals surface area contributed by atoms with E-state index >= 15 is 0 Å². The van der Waals surface area contributed by atoms with E-state index in [1.165, 1.54) is 5.01 Å². The lowest BCUT2D eigenvalue weighted by Gasteiger charge is -2.31. The molecule has 104 valence electrons. The van der Waals surface area contributed by atoms with Gasteiger partial charge in [0, 0.05) is 36.1 Å². The van der Waals surface area contributed by atoms with E-state index in [2.05, 4.69) is 4.98 Å². The van der Waals surface area contributed by atoms with Crippen LogP contribution < -0.4 is 0 Å². The Bertz CT molecular complexity index is 586. The van der Waals surface area contributed by atoms with Crippen molar-refractivity contribution in [3.63, 3.8) is 0 Å². The summed E-state index contributed by atoms with van der Waals surface area (Å²) in [5.41, 5.74) is 1.94. The highest BCUT2D eigenvalue weighted by molar-refractivity contribution is 7.09. The molecule has 1 amide bonds. The first-order valence-electron chi connectivity index (χ1n) is 6.99. The number of carbonyl (C=O) groups is 1. The fourth-order valence-corrected chi connectivity index (χ4v) is 3.54. The molecule has 0 atom stereocenters. The second kappa shape index (κ2) is 5.75. The molecule has 1 aliphatic rings. The number of likely N-dealkylation sites (tertiary alicyclic amines) is 1. The normalized spacial score (nSPS) is 16.4. The lowest BCUT2D eigenvalue weighted by molar-refractivity contribution is 0.0713. The molecular weight excluding hydrogens is 268 g/mol. The number of hydrogen-bond donors (Lipinski definition) is 0. The molecule has 0 unspecified atom stereocenters. The maximum absolute atomic E-state index is 12.5. The van der Waals surface area contributed by atoms with Gasteiger partial charge in [-0.2, -0.15) is 0 Å². The molecule has 4 heteroatoms. The molecule has 0 aliphatic carbocycles. The van der Waals surface area contributed by atoms with Crippen molar-refractivity contribution in [2.24, 2.45) is 0 Å². The highest BCUT2D eigenvalue weighted by atomic mass is 32.1. The molecule has 0 radical (unpaired) electrons. The predicted octanol–water partition coefficient (Wildman–Crippen LogP) is 3.47. The van der Waals surface area contributed by atoms with E-state index in [4.69, 9.17) is 0 Å². The van der Waals surface area contributed by atoms with Gasteiger partial charge < -0.3 is 4.90 Å². The first-order chi connectivity index (χ1) is 9.74. The molecule has 20 heavy (non-hydrogen) atoms. The number of aromatic nitrogens is 1. The standard InChI is InChI=1S/C16H18N2OS/c1-12-3-2-4-14(11-12)16(19)18-8-5-13(6-9-18)15-17-7-10-20-15/h2-4,7,10-11,13H,5-6,8-9H2,1H3. The number of hydrogen-bond acceptors (Lipinski definition) is 3. The number of rotatable bonds is 2. The summed E-state index contributed by atoms with van der Waals surface area (Å²) in [5.74, 6) is 0.683. The van der Waals surface area contributed by atoms with Crippen molar-refractivity contribution in [1.29, 1.82) is 0 Å². The fraction of sp³-hybridized carbons (Fsp3) is 0.375. The van der Waals surface area contributed by atoms with E-state index in [0.717, 1.165) is 37.1 Å². The predicted molar refractivity (Wildman–Crippen MR) is 81.2 cm³/mol. The zero-order valence-electron chi connectivity index (χ0n) is 11.6. The summed E-state index contributed by atoms with van der Waals surface area (Å²) < 4.78 is 0. The summed E-state index contributed by atoms with van der Waals surface area (Å²) in [4.78, 5) is 18.8. The van der Waals surface area contributed by atoms with Crippen LogP contribution in [0, 0.1) is 6.92 Å². The minimum atomic E-state index is 0.159. The van der Waals surface area contributed by atoms with Crippen LogP contribution in [0.25, 0.3) is 0 Å². The van der Waals surface area contributed by atoms with Gasteiger partial charge in [0.1, 0.15) is 0 Å². The van der Waals surface area contributed by atoms with Gasteiger partial charge in [-0.1, -0.05) is 17.7 Å². The van der Waals surface area contributed by atoms with Crippen molar-refractivity contribution in [2.75, 3.05) is 13.1 Å². The molecule has 1 aliphatic heterocycles. The SMILES string of the molecule is Cc1cccc(C(=O)N2CCC(c3nccs3)CC2)c1. The number of piperidine rings is 1. The average molecular weight is 286 g/mol. The van der Waals surface area contributed by atoms with Crippen LogP contribution >= 0.6 is 11.3 Å². The molecule has 3 rings (SSSR count). The minimum Gasteiger partial charge on any atom is -0.339 e. The van der Waals surface area contributed by atoms with Crippen molar-refractivity contribution >= 4 is 17.2 Å². The van der Waals surface area contributed by atoms with Crippen molar-refractivity contribution in [1.82, 2.24) is 9.88 Å². The van der Waals surface area contributed by atoms with Crippen molar-refractivity contribution < 1.29 is 4.79 Å². The zero-order valence-corrected chi connectivity index (χ0v) is 12.4. The maximum atomic E-state index is 12.5. The molecule has 0 spiro atoms. The molecule has 1 aromatic heterocycles. The van der Waals surface area contributed by atoms with Gasteiger partial charge in [-0.25, -0.2) is 4.98 Å². The number of nitrogens with zero attached hydrogens (tertiary/aromatic N) is 2. The third-order valence-electron chi connectivity index (χ3n) is 3.85. The first kappa shape index (κ1) is 13.3. The van der Waals surface area contributed by atoms with E-state index in [0.29, 0.717) is 5.92 Å². The average Bonchev–Trinajstić information content (AvgIpc) is 3.01. The molecule has 3 nitrogen and oxygen atoms in total. The van der Waals surface area contributed by atoms with Gasteiger partial charge in [0.05, 0.1) is 5.01 Å². The number of aryl methyl sites for hydroxylation is 1. The Hall–Kier alpha value is -1.68. The van der Waals surface area contributed by atoms with Crippen molar-refractivity contribution in [3.05, 3.63) is 52.0 Å². The van der Waals surface area contributed by atoms with E-state index in [1.54, 1.807) is 11.3 Å². The zero-order chi connectivity index (χ0) is 13.9. The Morgan fingerprint density at radius 2 is 2.15 bits per heavy atom. The molecule has 1 aromatic carbocycles. The van der Waals surface area contributed by atoms with E-state index < -0.39 is 0 Å². The summed E-state index contributed by atoms with van der Waals surface area (Å²) in [7, 11) is 0. The molecule has 0 bridgehead atoms. The molecule has 2 heterocycles. The van der Waals surface area contributed by atoms with Gasteiger partial charge in [0.15, 0.2) is 0 Å². The maximum Gasteiger partial charge on any atom is 0.253 e. The van der Waals surface area contributed by atoms with E-state index in [9.17, 15) is 4.79 Å². The second-order valence-corrected chi connectivity index (χ2v) is 6.23.